The standard InChI is InChI=1S/C13H22N4O2/c1-9-13(10(2)17-16-9)15-12(18)5-8-19-11-3-6-14-7-4-11/h11,14H,3-8H2,1-2H3,(H,15,18)(H,16,17). The van der Waals surface area contributed by atoms with Crippen LogP contribution in [0.15, 0.2) is 0 Å². The molecule has 0 atom stereocenters. The lowest BCUT2D eigenvalue weighted by Gasteiger charge is -2.22. The van der Waals surface area contributed by atoms with Crippen molar-refractivity contribution in [1.29, 1.82) is 0 Å². The van der Waals surface area contributed by atoms with E-state index in [-0.39, 0.29) is 5.91 Å². The molecule has 0 aromatic carbocycles. The van der Waals surface area contributed by atoms with Gasteiger partial charge in [-0.2, -0.15) is 5.10 Å². The van der Waals surface area contributed by atoms with Crippen LogP contribution in [0.1, 0.15) is 30.7 Å². The normalized spacial score (nSPS) is 16.5. The Kier molecular flexibility index (Phi) is 4.93. The molecule has 19 heavy (non-hydrogen) atoms. The summed E-state index contributed by atoms with van der Waals surface area (Å²) in [4.78, 5) is 11.8. The summed E-state index contributed by atoms with van der Waals surface area (Å²) in [7, 11) is 0. The second-order valence-corrected chi connectivity index (χ2v) is 4.93. The van der Waals surface area contributed by atoms with E-state index in [1.807, 2.05) is 13.8 Å². The molecular weight excluding hydrogens is 244 g/mol. The lowest BCUT2D eigenvalue weighted by Crippen LogP contribution is -2.33. The molecule has 1 fully saturated rings. The largest absolute Gasteiger partial charge is 0.378 e. The molecule has 1 amide bonds. The van der Waals surface area contributed by atoms with Gasteiger partial charge in [0.2, 0.25) is 5.91 Å². The number of ether oxygens (including phenoxy) is 1. The number of aromatic nitrogens is 2. The molecular formula is C13H22N4O2. The third-order valence-corrected chi connectivity index (χ3v) is 3.36. The van der Waals surface area contributed by atoms with E-state index in [1.54, 1.807) is 0 Å². The Hall–Kier alpha value is -1.40. The average molecular weight is 266 g/mol. The van der Waals surface area contributed by atoms with Crippen LogP contribution in [0.4, 0.5) is 5.69 Å². The van der Waals surface area contributed by atoms with E-state index in [0.29, 0.717) is 19.1 Å². The van der Waals surface area contributed by atoms with Gasteiger partial charge in [0.05, 0.1) is 36.2 Å². The highest BCUT2D eigenvalue weighted by Gasteiger charge is 2.14. The number of nitrogens with one attached hydrogen (secondary N) is 3. The van der Waals surface area contributed by atoms with Gasteiger partial charge in [0.25, 0.3) is 0 Å². The first-order chi connectivity index (χ1) is 9.16. The van der Waals surface area contributed by atoms with Gasteiger partial charge in [-0.3, -0.25) is 9.89 Å². The van der Waals surface area contributed by atoms with Gasteiger partial charge < -0.3 is 15.4 Å². The zero-order valence-electron chi connectivity index (χ0n) is 11.6. The van der Waals surface area contributed by atoms with E-state index in [9.17, 15) is 4.79 Å². The van der Waals surface area contributed by atoms with Crippen molar-refractivity contribution in [2.24, 2.45) is 0 Å². The summed E-state index contributed by atoms with van der Waals surface area (Å²) in [6.07, 6.45) is 2.74. The van der Waals surface area contributed by atoms with Crippen LogP contribution < -0.4 is 10.6 Å². The number of aromatic amines is 1. The van der Waals surface area contributed by atoms with Gasteiger partial charge >= 0.3 is 0 Å². The fourth-order valence-corrected chi connectivity index (χ4v) is 2.22. The summed E-state index contributed by atoms with van der Waals surface area (Å²) >= 11 is 0. The van der Waals surface area contributed by atoms with E-state index < -0.39 is 0 Å². The number of amides is 1. The fourth-order valence-electron chi connectivity index (χ4n) is 2.22. The lowest BCUT2D eigenvalue weighted by atomic mass is 10.1. The highest BCUT2D eigenvalue weighted by Crippen LogP contribution is 2.16. The Morgan fingerprint density at radius 2 is 2.16 bits per heavy atom. The van der Waals surface area contributed by atoms with Gasteiger partial charge in [0.15, 0.2) is 0 Å². The van der Waals surface area contributed by atoms with Gasteiger partial charge in [-0.1, -0.05) is 0 Å². The highest BCUT2D eigenvalue weighted by molar-refractivity contribution is 5.91. The fraction of sp³-hybridized carbons (Fsp3) is 0.692. The Morgan fingerprint density at radius 1 is 1.42 bits per heavy atom. The number of hydrogen-bond donors (Lipinski definition) is 3. The van der Waals surface area contributed by atoms with Crippen LogP contribution in [0.5, 0.6) is 0 Å². The number of piperidine rings is 1. The Bertz CT molecular complexity index is 405. The number of aryl methyl sites for hydroxylation is 2. The Balaban J connectivity index is 1.70. The number of nitrogens with zero attached hydrogens (tertiary/aromatic N) is 1. The monoisotopic (exact) mass is 266 g/mol. The highest BCUT2D eigenvalue weighted by atomic mass is 16.5. The molecule has 1 saturated heterocycles. The summed E-state index contributed by atoms with van der Waals surface area (Å²) in [6.45, 7) is 6.24. The van der Waals surface area contributed by atoms with Crippen LogP contribution in [0.3, 0.4) is 0 Å². The minimum atomic E-state index is -0.0264. The second kappa shape index (κ2) is 6.68. The molecule has 0 spiro atoms. The molecule has 2 heterocycles. The van der Waals surface area contributed by atoms with Crippen LogP contribution in [-0.4, -0.2) is 41.9 Å². The quantitative estimate of drug-likeness (QED) is 0.746. The molecule has 3 N–H and O–H groups in total. The minimum Gasteiger partial charge on any atom is -0.378 e. The Labute approximate surface area is 113 Å². The van der Waals surface area contributed by atoms with E-state index in [0.717, 1.165) is 43.0 Å². The van der Waals surface area contributed by atoms with Crippen molar-refractivity contribution in [2.45, 2.75) is 39.2 Å². The summed E-state index contributed by atoms with van der Waals surface area (Å²) < 4.78 is 5.71. The maximum Gasteiger partial charge on any atom is 0.226 e. The van der Waals surface area contributed by atoms with Crippen molar-refractivity contribution in [3.8, 4) is 0 Å². The topological polar surface area (TPSA) is 79.0 Å². The third-order valence-electron chi connectivity index (χ3n) is 3.36. The molecule has 6 nitrogen and oxygen atoms in total. The first kappa shape index (κ1) is 14.0. The summed E-state index contributed by atoms with van der Waals surface area (Å²) in [5.41, 5.74) is 2.47. The summed E-state index contributed by atoms with van der Waals surface area (Å²) in [6, 6.07) is 0. The number of anilines is 1. The molecule has 6 heteroatoms. The van der Waals surface area contributed by atoms with Crippen molar-refractivity contribution in [2.75, 3.05) is 25.0 Å². The zero-order valence-corrected chi connectivity index (χ0v) is 11.6. The molecule has 0 aliphatic carbocycles. The van der Waals surface area contributed by atoms with Crippen molar-refractivity contribution >= 4 is 11.6 Å². The van der Waals surface area contributed by atoms with E-state index in [4.69, 9.17) is 4.74 Å². The van der Waals surface area contributed by atoms with Gasteiger partial charge in [-0.25, -0.2) is 0 Å². The van der Waals surface area contributed by atoms with Gasteiger partial charge in [-0.05, 0) is 39.8 Å². The first-order valence-electron chi connectivity index (χ1n) is 6.80. The van der Waals surface area contributed by atoms with Crippen LogP contribution in [0, 0.1) is 13.8 Å². The zero-order chi connectivity index (χ0) is 13.7. The van der Waals surface area contributed by atoms with Crippen molar-refractivity contribution < 1.29 is 9.53 Å². The molecule has 2 rings (SSSR count). The molecule has 0 radical (unpaired) electrons. The first-order valence-corrected chi connectivity index (χ1v) is 6.80. The van der Waals surface area contributed by atoms with Gasteiger partial charge in [-0.15, -0.1) is 0 Å². The predicted molar refractivity (Wildman–Crippen MR) is 73.2 cm³/mol. The molecule has 0 unspecified atom stereocenters. The molecule has 0 saturated carbocycles. The van der Waals surface area contributed by atoms with E-state index >= 15 is 0 Å². The number of hydrogen-bond acceptors (Lipinski definition) is 4. The predicted octanol–water partition coefficient (Wildman–Crippen LogP) is 1.12. The SMILES string of the molecule is Cc1n[nH]c(C)c1NC(=O)CCOC1CCNCC1. The number of H-pyrrole nitrogens is 1. The maximum atomic E-state index is 11.8. The number of carbonyl (C=O) groups excluding carboxylic acids is 1. The molecule has 1 aliphatic heterocycles. The maximum absolute atomic E-state index is 11.8. The molecule has 1 aromatic rings. The summed E-state index contributed by atoms with van der Waals surface area (Å²) in [5, 5.41) is 13.0. The summed E-state index contributed by atoms with van der Waals surface area (Å²) in [5.74, 6) is -0.0264. The second-order valence-electron chi connectivity index (χ2n) is 4.93. The number of carbonyl (C=O) groups is 1. The van der Waals surface area contributed by atoms with Crippen LogP contribution >= 0.6 is 0 Å². The van der Waals surface area contributed by atoms with Gasteiger partial charge in [0, 0.05) is 0 Å². The van der Waals surface area contributed by atoms with E-state index in [1.165, 1.54) is 0 Å². The van der Waals surface area contributed by atoms with Crippen molar-refractivity contribution in [3.05, 3.63) is 11.4 Å². The van der Waals surface area contributed by atoms with E-state index in [2.05, 4.69) is 20.8 Å². The molecule has 1 aromatic heterocycles. The smallest absolute Gasteiger partial charge is 0.226 e. The average Bonchev–Trinajstić information content (AvgIpc) is 2.72. The third kappa shape index (κ3) is 4.04. The van der Waals surface area contributed by atoms with Crippen LogP contribution in [0.25, 0.3) is 0 Å². The van der Waals surface area contributed by atoms with Crippen LogP contribution in [0.2, 0.25) is 0 Å². The molecule has 1 aliphatic rings. The van der Waals surface area contributed by atoms with Crippen molar-refractivity contribution in [1.82, 2.24) is 15.5 Å². The minimum absolute atomic E-state index is 0.0264. The van der Waals surface area contributed by atoms with Crippen LogP contribution in [-0.2, 0) is 9.53 Å². The van der Waals surface area contributed by atoms with Crippen molar-refractivity contribution in [3.63, 3.8) is 0 Å². The molecule has 0 bridgehead atoms. The molecule has 106 valence electrons. The van der Waals surface area contributed by atoms with Gasteiger partial charge in [0.1, 0.15) is 0 Å². The Morgan fingerprint density at radius 3 is 2.79 bits per heavy atom. The number of rotatable bonds is 5. The lowest BCUT2D eigenvalue weighted by molar-refractivity contribution is -0.117.